The number of anilines is 1. The van der Waals surface area contributed by atoms with Gasteiger partial charge in [-0.05, 0) is 29.5 Å². The normalized spacial score (nSPS) is 11.4. The average molecular weight is 298 g/mol. The number of rotatable bonds is 4. The van der Waals surface area contributed by atoms with Gasteiger partial charge >= 0.3 is 0 Å². The molecule has 0 fully saturated rings. The number of aromatic nitrogens is 3. The zero-order chi connectivity index (χ0) is 14.8. The van der Waals surface area contributed by atoms with Crippen LogP contribution < -0.4 is 5.73 Å². The van der Waals surface area contributed by atoms with Gasteiger partial charge in [-0.25, -0.2) is 9.97 Å². The first-order valence-corrected chi connectivity index (χ1v) is 7.99. The maximum atomic E-state index is 5.93. The number of nitrogens with zero attached hydrogens (tertiary/aromatic N) is 2. The summed E-state index contributed by atoms with van der Waals surface area (Å²) in [5, 5.41) is 1.72. The fourth-order valence-electron chi connectivity index (χ4n) is 2.17. The summed E-state index contributed by atoms with van der Waals surface area (Å²) in [5.41, 5.74) is 9.01. The fourth-order valence-corrected chi connectivity index (χ4v) is 2.82. The van der Waals surface area contributed by atoms with E-state index in [0.29, 0.717) is 16.9 Å². The van der Waals surface area contributed by atoms with Crippen LogP contribution in [0.3, 0.4) is 0 Å². The van der Waals surface area contributed by atoms with Crippen molar-refractivity contribution in [2.75, 3.05) is 5.73 Å². The first-order valence-electron chi connectivity index (χ1n) is 6.94. The monoisotopic (exact) mass is 298 g/mol. The van der Waals surface area contributed by atoms with Crippen LogP contribution in [-0.2, 0) is 5.75 Å². The van der Waals surface area contributed by atoms with Crippen LogP contribution in [0.1, 0.15) is 19.5 Å². The van der Waals surface area contributed by atoms with Crippen LogP contribution in [0.2, 0.25) is 0 Å². The minimum atomic E-state index is 0.522. The molecule has 0 unspecified atom stereocenters. The SMILES string of the molecule is CC(C)SCc1cc(N)nc(-c2ccc3[nH]ccc3c2)n1. The molecule has 0 radical (unpaired) electrons. The van der Waals surface area contributed by atoms with Crippen molar-refractivity contribution in [1.29, 1.82) is 0 Å². The molecular weight excluding hydrogens is 280 g/mol. The van der Waals surface area contributed by atoms with E-state index in [4.69, 9.17) is 5.73 Å². The van der Waals surface area contributed by atoms with Crippen molar-refractivity contribution in [2.24, 2.45) is 0 Å². The second-order valence-electron chi connectivity index (χ2n) is 5.25. The van der Waals surface area contributed by atoms with Crippen molar-refractivity contribution in [3.63, 3.8) is 0 Å². The number of aromatic amines is 1. The van der Waals surface area contributed by atoms with Gasteiger partial charge in [0.1, 0.15) is 5.82 Å². The number of hydrogen-bond donors (Lipinski definition) is 2. The van der Waals surface area contributed by atoms with E-state index in [1.54, 1.807) is 0 Å². The van der Waals surface area contributed by atoms with E-state index < -0.39 is 0 Å². The molecule has 0 aliphatic heterocycles. The summed E-state index contributed by atoms with van der Waals surface area (Å²) in [6, 6.07) is 10.0. The van der Waals surface area contributed by atoms with Gasteiger partial charge in [0.15, 0.2) is 5.82 Å². The molecule has 5 heteroatoms. The number of hydrogen-bond acceptors (Lipinski definition) is 4. The molecule has 0 aliphatic rings. The first-order chi connectivity index (χ1) is 10.1. The third-order valence-corrected chi connectivity index (χ3v) is 4.30. The van der Waals surface area contributed by atoms with Gasteiger partial charge in [-0.15, -0.1) is 0 Å². The smallest absolute Gasteiger partial charge is 0.161 e. The molecule has 0 saturated carbocycles. The number of H-pyrrole nitrogens is 1. The van der Waals surface area contributed by atoms with Gasteiger partial charge in [0, 0.05) is 34.5 Å². The summed E-state index contributed by atoms with van der Waals surface area (Å²) in [5.74, 6) is 2.06. The Morgan fingerprint density at radius 3 is 2.86 bits per heavy atom. The largest absolute Gasteiger partial charge is 0.384 e. The predicted molar refractivity (Wildman–Crippen MR) is 90.2 cm³/mol. The predicted octanol–water partition coefficient (Wildman–Crippen LogP) is 3.85. The van der Waals surface area contributed by atoms with Crippen molar-refractivity contribution >= 4 is 28.5 Å². The minimum Gasteiger partial charge on any atom is -0.384 e. The molecule has 21 heavy (non-hydrogen) atoms. The quantitative estimate of drug-likeness (QED) is 0.767. The number of fused-ring (bicyclic) bond motifs is 1. The van der Waals surface area contributed by atoms with Crippen LogP contribution in [0.4, 0.5) is 5.82 Å². The summed E-state index contributed by atoms with van der Waals surface area (Å²) in [4.78, 5) is 12.2. The van der Waals surface area contributed by atoms with Gasteiger partial charge in [-0.1, -0.05) is 13.8 Å². The van der Waals surface area contributed by atoms with Gasteiger partial charge in [0.05, 0.1) is 5.69 Å². The Balaban J connectivity index is 1.96. The van der Waals surface area contributed by atoms with Crippen molar-refractivity contribution < 1.29 is 0 Å². The Bertz CT molecular complexity index is 764. The molecule has 2 heterocycles. The second-order valence-corrected chi connectivity index (χ2v) is 6.81. The molecule has 0 spiro atoms. The average Bonchev–Trinajstić information content (AvgIpc) is 2.92. The molecule has 0 amide bonds. The number of thioether (sulfide) groups is 1. The molecule has 0 bridgehead atoms. The zero-order valence-electron chi connectivity index (χ0n) is 12.1. The summed E-state index contributed by atoms with van der Waals surface area (Å²) in [6.07, 6.45) is 1.93. The van der Waals surface area contributed by atoms with Crippen molar-refractivity contribution in [2.45, 2.75) is 24.9 Å². The van der Waals surface area contributed by atoms with Crippen LogP contribution in [-0.4, -0.2) is 20.2 Å². The van der Waals surface area contributed by atoms with E-state index in [1.807, 2.05) is 42.2 Å². The lowest BCUT2D eigenvalue weighted by Gasteiger charge is -2.08. The summed E-state index contributed by atoms with van der Waals surface area (Å²) < 4.78 is 0. The standard InChI is InChI=1S/C16H18N4S/c1-10(2)21-9-13-8-15(17)20-16(19-13)12-3-4-14-11(7-12)5-6-18-14/h3-8,10,18H,9H2,1-2H3,(H2,17,19,20). The van der Waals surface area contributed by atoms with E-state index in [9.17, 15) is 0 Å². The van der Waals surface area contributed by atoms with Crippen LogP contribution in [0.15, 0.2) is 36.5 Å². The number of nitrogens with one attached hydrogen (secondary N) is 1. The van der Waals surface area contributed by atoms with Gasteiger partial charge in [0.25, 0.3) is 0 Å². The van der Waals surface area contributed by atoms with Crippen LogP contribution in [0.25, 0.3) is 22.3 Å². The van der Waals surface area contributed by atoms with E-state index in [0.717, 1.165) is 27.9 Å². The highest BCUT2D eigenvalue weighted by Gasteiger charge is 2.07. The molecular formula is C16H18N4S. The third-order valence-electron chi connectivity index (χ3n) is 3.18. The molecule has 3 aromatic rings. The third kappa shape index (κ3) is 3.19. The molecule has 0 atom stereocenters. The number of nitrogens with two attached hydrogens (primary N) is 1. The van der Waals surface area contributed by atoms with Gasteiger partial charge in [-0.3, -0.25) is 0 Å². The Hall–Kier alpha value is -2.01. The minimum absolute atomic E-state index is 0.522. The maximum Gasteiger partial charge on any atom is 0.161 e. The topological polar surface area (TPSA) is 67.6 Å². The Morgan fingerprint density at radius 1 is 1.19 bits per heavy atom. The second kappa shape index (κ2) is 5.77. The van der Waals surface area contributed by atoms with Crippen molar-refractivity contribution in [3.05, 3.63) is 42.2 Å². The highest BCUT2D eigenvalue weighted by atomic mass is 32.2. The Kier molecular flexibility index (Phi) is 3.84. The van der Waals surface area contributed by atoms with E-state index in [2.05, 4.69) is 34.9 Å². The van der Waals surface area contributed by atoms with Gasteiger partial charge in [-0.2, -0.15) is 11.8 Å². The highest BCUT2D eigenvalue weighted by molar-refractivity contribution is 7.99. The highest BCUT2D eigenvalue weighted by Crippen LogP contribution is 2.24. The number of benzene rings is 1. The zero-order valence-corrected chi connectivity index (χ0v) is 12.9. The van der Waals surface area contributed by atoms with Crippen molar-refractivity contribution in [1.82, 2.24) is 15.0 Å². The molecule has 3 N–H and O–H groups in total. The van der Waals surface area contributed by atoms with Gasteiger partial charge < -0.3 is 10.7 Å². The summed E-state index contributed by atoms with van der Waals surface area (Å²) >= 11 is 1.85. The first kappa shape index (κ1) is 13.9. The molecule has 3 rings (SSSR count). The lowest BCUT2D eigenvalue weighted by Crippen LogP contribution is -2.00. The molecule has 0 aliphatic carbocycles. The lowest BCUT2D eigenvalue weighted by molar-refractivity contribution is 1.08. The molecule has 0 saturated heterocycles. The van der Waals surface area contributed by atoms with Gasteiger partial charge in [0.2, 0.25) is 0 Å². The van der Waals surface area contributed by atoms with Crippen LogP contribution in [0, 0.1) is 0 Å². The maximum absolute atomic E-state index is 5.93. The molecule has 4 nitrogen and oxygen atoms in total. The lowest BCUT2D eigenvalue weighted by atomic mass is 10.1. The number of nitrogen functional groups attached to an aromatic ring is 1. The Morgan fingerprint density at radius 2 is 2.05 bits per heavy atom. The molecule has 108 valence electrons. The van der Waals surface area contributed by atoms with E-state index in [1.165, 1.54) is 0 Å². The molecule has 2 aromatic heterocycles. The Labute approximate surface area is 128 Å². The van der Waals surface area contributed by atoms with Crippen molar-refractivity contribution in [3.8, 4) is 11.4 Å². The molecule has 1 aromatic carbocycles. The summed E-state index contributed by atoms with van der Waals surface area (Å²) in [6.45, 7) is 4.35. The van der Waals surface area contributed by atoms with Crippen LogP contribution in [0.5, 0.6) is 0 Å². The summed E-state index contributed by atoms with van der Waals surface area (Å²) in [7, 11) is 0. The van der Waals surface area contributed by atoms with Crippen LogP contribution >= 0.6 is 11.8 Å². The fraction of sp³-hybridized carbons (Fsp3) is 0.250. The van der Waals surface area contributed by atoms with E-state index in [-0.39, 0.29) is 0 Å². The van der Waals surface area contributed by atoms with E-state index >= 15 is 0 Å².